The average molecular weight is 432 g/mol. The number of ether oxygens (including phenoxy) is 2. The van der Waals surface area contributed by atoms with Crippen LogP contribution in [0.4, 0.5) is 10.5 Å². The van der Waals surface area contributed by atoms with Gasteiger partial charge in [0.2, 0.25) is 17.7 Å². The first-order valence-corrected chi connectivity index (χ1v) is 10.1. The summed E-state index contributed by atoms with van der Waals surface area (Å²) in [6.07, 6.45) is 0.538. The molecule has 9 nitrogen and oxygen atoms in total. The van der Waals surface area contributed by atoms with E-state index in [0.717, 1.165) is 5.69 Å². The summed E-state index contributed by atoms with van der Waals surface area (Å²) in [7, 11) is 1.52. The van der Waals surface area contributed by atoms with Crippen LogP contribution in [-0.2, 0) is 4.79 Å². The maximum absolute atomic E-state index is 12.7. The fourth-order valence-corrected chi connectivity index (χ4v) is 3.76. The lowest BCUT2D eigenvalue weighted by Gasteiger charge is -2.22. The van der Waals surface area contributed by atoms with Gasteiger partial charge < -0.3 is 19.3 Å². The highest BCUT2D eigenvalue weighted by Gasteiger charge is 2.34. The SMILES string of the molecule is COc1ccc(OC2CCN(C(=O)CN3CCN(c4cccc(Cl)c4)C3=O)C2)nn1. The third kappa shape index (κ3) is 4.40. The maximum atomic E-state index is 12.7. The summed E-state index contributed by atoms with van der Waals surface area (Å²) in [5, 5.41) is 8.39. The number of halogens is 1. The van der Waals surface area contributed by atoms with Crippen LogP contribution in [0.1, 0.15) is 6.42 Å². The number of benzene rings is 1. The molecule has 3 amide bonds. The van der Waals surface area contributed by atoms with Crippen molar-refractivity contribution in [1.29, 1.82) is 0 Å². The molecule has 2 fully saturated rings. The standard InChI is InChI=1S/C20H22ClN5O4/c1-29-17-5-6-18(23-22-17)30-16-7-8-24(12-16)19(27)13-25-9-10-26(20(25)28)15-4-2-3-14(21)11-15/h2-6,11,16H,7-10,12-13H2,1H3. The lowest BCUT2D eigenvalue weighted by atomic mass is 10.3. The fourth-order valence-electron chi connectivity index (χ4n) is 3.58. The summed E-state index contributed by atoms with van der Waals surface area (Å²) < 4.78 is 10.8. The molecular weight excluding hydrogens is 410 g/mol. The molecule has 2 aliphatic heterocycles. The Morgan fingerprint density at radius 3 is 2.70 bits per heavy atom. The van der Waals surface area contributed by atoms with Gasteiger partial charge in [0, 0.05) is 48.9 Å². The van der Waals surface area contributed by atoms with Crippen LogP contribution >= 0.6 is 11.6 Å². The second-order valence-corrected chi connectivity index (χ2v) is 7.55. The highest BCUT2D eigenvalue weighted by molar-refractivity contribution is 6.30. The van der Waals surface area contributed by atoms with E-state index in [-0.39, 0.29) is 24.6 Å². The molecular formula is C20H22ClN5O4. The molecule has 0 saturated carbocycles. The number of nitrogens with zero attached hydrogens (tertiary/aromatic N) is 5. The molecule has 4 rings (SSSR count). The predicted molar refractivity (Wildman–Crippen MR) is 110 cm³/mol. The van der Waals surface area contributed by atoms with Crippen molar-refractivity contribution < 1.29 is 19.1 Å². The van der Waals surface area contributed by atoms with Crippen LogP contribution in [0, 0.1) is 0 Å². The molecule has 0 bridgehead atoms. The van der Waals surface area contributed by atoms with E-state index in [2.05, 4.69) is 10.2 Å². The van der Waals surface area contributed by atoms with Crippen LogP contribution in [-0.4, -0.2) is 77.9 Å². The van der Waals surface area contributed by atoms with Crippen molar-refractivity contribution in [3.05, 3.63) is 41.4 Å². The van der Waals surface area contributed by atoms with Crippen LogP contribution in [0.3, 0.4) is 0 Å². The van der Waals surface area contributed by atoms with E-state index in [1.165, 1.54) is 7.11 Å². The molecule has 1 unspecified atom stereocenters. The molecule has 3 heterocycles. The molecule has 1 atom stereocenters. The van der Waals surface area contributed by atoms with Crippen LogP contribution in [0.2, 0.25) is 5.02 Å². The largest absolute Gasteiger partial charge is 0.480 e. The Morgan fingerprint density at radius 2 is 1.97 bits per heavy atom. The molecule has 2 aromatic rings. The van der Waals surface area contributed by atoms with Crippen molar-refractivity contribution in [3.63, 3.8) is 0 Å². The number of likely N-dealkylation sites (tertiary alicyclic amines) is 1. The molecule has 2 aliphatic rings. The molecule has 1 aromatic carbocycles. The van der Waals surface area contributed by atoms with Gasteiger partial charge in [-0.15, -0.1) is 10.2 Å². The third-order valence-corrected chi connectivity index (χ3v) is 5.39. The highest BCUT2D eigenvalue weighted by atomic mass is 35.5. The van der Waals surface area contributed by atoms with E-state index < -0.39 is 0 Å². The minimum atomic E-state index is -0.189. The lowest BCUT2D eigenvalue weighted by molar-refractivity contribution is -0.130. The Morgan fingerprint density at radius 1 is 1.17 bits per heavy atom. The zero-order valence-electron chi connectivity index (χ0n) is 16.5. The van der Waals surface area contributed by atoms with Gasteiger partial charge in [-0.3, -0.25) is 9.69 Å². The Kier molecular flexibility index (Phi) is 5.89. The fraction of sp³-hybridized carbons (Fsp3) is 0.400. The van der Waals surface area contributed by atoms with Crippen molar-refractivity contribution in [3.8, 4) is 11.8 Å². The maximum Gasteiger partial charge on any atom is 0.325 e. The lowest BCUT2D eigenvalue weighted by Crippen LogP contribution is -2.42. The molecule has 2 saturated heterocycles. The number of anilines is 1. The van der Waals surface area contributed by atoms with Gasteiger partial charge in [0.15, 0.2) is 0 Å². The normalized spacial score (nSPS) is 18.8. The monoisotopic (exact) mass is 431 g/mol. The smallest absolute Gasteiger partial charge is 0.325 e. The van der Waals surface area contributed by atoms with Gasteiger partial charge >= 0.3 is 6.03 Å². The summed E-state index contributed by atoms with van der Waals surface area (Å²) in [6.45, 7) is 2.09. The minimum absolute atomic E-state index is 0.0466. The molecule has 30 heavy (non-hydrogen) atoms. The summed E-state index contributed by atoms with van der Waals surface area (Å²) >= 11 is 6.03. The Hall–Kier alpha value is -3.07. The summed E-state index contributed by atoms with van der Waals surface area (Å²) in [5.74, 6) is 0.706. The van der Waals surface area contributed by atoms with E-state index in [4.69, 9.17) is 21.1 Å². The summed E-state index contributed by atoms with van der Waals surface area (Å²) in [4.78, 5) is 30.3. The number of hydrogen-bond acceptors (Lipinski definition) is 6. The van der Waals surface area contributed by atoms with Gasteiger partial charge in [0.25, 0.3) is 0 Å². The van der Waals surface area contributed by atoms with Crippen molar-refractivity contribution in [1.82, 2.24) is 20.0 Å². The van der Waals surface area contributed by atoms with Crippen LogP contribution < -0.4 is 14.4 Å². The molecule has 1 aromatic heterocycles. The van der Waals surface area contributed by atoms with Crippen LogP contribution in [0.25, 0.3) is 0 Å². The summed E-state index contributed by atoms with van der Waals surface area (Å²) in [6, 6.07) is 10.3. The van der Waals surface area contributed by atoms with Crippen LogP contribution in [0.15, 0.2) is 36.4 Å². The number of rotatable bonds is 6. The molecule has 10 heteroatoms. The predicted octanol–water partition coefficient (Wildman–Crippen LogP) is 2.06. The average Bonchev–Trinajstić information content (AvgIpc) is 3.36. The second-order valence-electron chi connectivity index (χ2n) is 7.12. The number of aromatic nitrogens is 2. The van der Waals surface area contributed by atoms with Gasteiger partial charge in [-0.2, -0.15) is 0 Å². The van der Waals surface area contributed by atoms with E-state index in [9.17, 15) is 9.59 Å². The van der Waals surface area contributed by atoms with Crippen molar-refractivity contribution in [2.75, 3.05) is 44.7 Å². The van der Waals surface area contributed by atoms with Crippen molar-refractivity contribution >= 4 is 29.2 Å². The van der Waals surface area contributed by atoms with Gasteiger partial charge in [0.05, 0.1) is 13.7 Å². The zero-order chi connectivity index (χ0) is 21.1. The number of hydrogen-bond donors (Lipinski definition) is 0. The highest BCUT2D eigenvalue weighted by Crippen LogP contribution is 2.24. The third-order valence-electron chi connectivity index (χ3n) is 5.15. The van der Waals surface area contributed by atoms with Crippen molar-refractivity contribution in [2.45, 2.75) is 12.5 Å². The summed E-state index contributed by atoms with van der Waals surface area (Å²) in [5.41, 5.74) is 0.734. The number of methoxy groups -OCH3 is 1. The molecule has 0 radical (unpaired) electrons. The van der Waals surface area contributed by atoms with Gasteiger partial charge in [-0.1, -0.05) is 17.7 Å². The van der Waals surface area contributed by atoms with Crippen LogP contribution in [0.5, 0.6) is 11.8 Å². The Balaban J connectivity index is 1.29. The number of carbonyl (C=O) groups is 2. The second kappa shape index (κ2) is 8.74. The van der Waals surface area contributed by atoms with Gasteiger partial charge in [-0.25, -0.2) is 4.79 Å². The molecule has 158 valence electrons. The minimum Gasteiger partial charge on any atom is -0.480 e. The van der Waals surface area contributed by atoms with E-state index in [1.807, 2.05) is 6.07 Å². The van der Waals surface area contributed by atoms with Crippen molar-refractivity contribution in [2.24, 2.45) is 0 Å². The van der Waals surface area contributed by atoms with Gasteiger partial charge in [0.1, 0.15) is 12.6 Å². The molecule has 0 aliphatic carbocycles. The Labute approximate surface area is 179 Å². The molecule has 0 spiro atoms. The first kappa shape index (κ1) is 20.2. The number of carbonyl (C=O) groups excluding carboxylic acids is 2. The number of amides is 3. The first-order valence-electron chi connectivity index (χ1n) is 9.67. The first-order chi connectivity index (χ1) is 14.5. The zero-order valence-corrected chi connectivity index (χ0v) is 17.3. The quantitative estimate of drug-likeness (QED) is 0.695. The van der Waals surface area contributed by atoms with E-state index >= 15 is 0 Å². The Bertz CT molecular complexity index is 926. The van der Waals surface area contributed by atoms with E-state index in [0.29, 0.717) is 49.4 Å². The molecule has 0 N–H and O–H groups in total. The van der Waals surface area contributed by atoms with Gasteiger partial charge in [-0.05, 0) is 18.2 Å². The topological polar surface area (TPSA) is 88.1 Å². The number of urea groups is 1. The van der Waals surface area contributed by atoms with E-state index in [1.54, 1.807) is 45.0 Å².